The molecular weight excluding hydrogens is 152 g/mol. The average molecular weight is 168 g/mol. The van der Waals surface area contributed by atoms with Crippen LogP contribution in [0.3, 0.4) is 0 Å². The van der Waals surface area contributed by atoms with Crippen LogP contribution in [0.1, 0.15) is 44.9 Å². The number of hydrogen-bond donors (Lipinski definition) is 0. The second kappa shape index (κ2) is 5.07. The van der Waals surface area contributed by atoms with Crippen LogP contribution in [0, 0.1) is 5.92 Å². The van der Waals surface area contributed by atoms with Gasteiger partial charge in [0.15, 0.2) is 0 Å². The summed E-state index contributed by atoms with van der Waals surface area (Å²) in [5.41, 5.74) is 0. The molecule has 1 saturated carbocycles. The Bertz CT molecular complexity index is 157. The molecular formula is C10H16O2. The first kappa shape index (κ1) is 9.43. The monoisotopic (exact) mass is 168 g/mol. The molecule has 1 aliphatic carbocycles. The van der Waals surface area contributed by atoms with Crippen LogP contribution in [0.15, 0.2) is 0 Å². The summed E-state index contributed by atoms with van der Waals surface area (Å²) in [4.78, 5) is 21.1. The summed E-state index contributed by atoms with van der Waals surface area (Å²) >= 11 is 0. The molecule has 1 rings (SSSR count). The van der Waals surface area contributed by atoms with E-state index in [2.05, 4.69) is 0 Å². The number of rotatable bonds is 4. The van der Waals surface area contributed by atoms with Crippen molar-refractivity contribution in [3.8, 4) is 0 Å². The van der Waals surface area contributed by atoms with Crippen LogP contribution in [0.5, 0.6) is 0 Å². The molecule has 0 spiro atoms. The molecule has 0 aromatic carbocycles. The Balaban J connectivity index is 2.19. The zero-order valence-corrected chi connectivity index (χ0v) is 7.42. The molecule has 68 valence electrons. The van der Waals surface area contributed by atoms with Crippen LogP contribution in [0.2, 0.25) is 0 Å². The molecule has 0 atom stereocenters. The first-order valence-electron chi connectivity index (χ1n) is 4.78. The fraction of sp³-hybridized carbons (Fsp3) is 0.800. The minimum absolute atomic E-state index is 0.122. The van der Waals surface area contributed by atoms with Crippen molar-refractivity contribution in [2.75, 3.05) is 0 Å². The maximum Gasteiger partial charge on any atom is 0.140 e. The normalized spacial score (nSPS) is 19.0. The van der Waals surface area contributed by atoms with E-state index in [-0.39, 0.29) is 12.2 Å². The first-order valence-corrected chi connectivity index (χ1v) is 4.78. The quantitative estimate of drug-likeness (QED) is 0.476. The minimum atomic E-state index is 0.122. The molecule has 0 aromatic heterocycles. The number of aldehydes is 1. The predicted octanol–water partition coefficient (Wildman–Crippen LogP) is 2.11. The number of ketones is 1. The average Bonchev–Trinajstić information content (AvgIpc) is 2.06. The van der Waals surface area contributed by atoms with Crippen LogP contribution in [-0.4, -0.2) is 12.1 Å². The summed E-state index contributed by atoms with van der Waals surface area (Å²) in [7, 11) is 0. The summed E-state index contributed by atoms with van der Waals surface area (Å²) in [6, 6.07) is 0. The molecule has 0 heterocycles. The molecule has 0 amide bonds. The Kier molecular flexibility index (Phi) is 3.98. The van der Waals surface area contributed by atoms with Crippen molar-refractivity contribution in [3.63, 3.8) is 0 Å². The summed E-state index contributed by atoms with van der Waals surface area (Å²) < 4.78 is 0. The van der Waals surface area contributed by atoms with Gasteiger partial charge in [0.1, 0.15) is 12.1 Å². The van der Waals surface area contributed by atoms with Gasteiger partial charge in [0.2, 0.25) is 0 Å². The SMILES string of the molecule is O=CCC(=O)CC1CCCCC1. The minimum Gasteiger partial charge on any atom is -0.303 e. The summed E-state index contributed by atoms with van der Waals surface area (Å²) in [5.74, 6) is 0.697. The van der Waals surface area contributed by atoms with E-state index in [9.17, 15) is 9.59 Å². The molecule has 0 saturated heterocycles. The van der Waals surface area contributed by atoms with E-state index in [1.807, 2.05) is 0 Å². The van der Waals surface area contributed by atoms with Crippen molar-refractivity contribution in [2.45, 2.75) is 44.9 Å². The van der Waals surface area contributed by atoms with Crippen molar-refractivity contribution in [1.29, 1.82) is 0 Å². The lowest BCUT2D eigenvalue weighted by Gasteiger charge is -2.20. The Labute approximate surface area is 73.3 Å². The largest absolute Gasteiger partial charge is 0.303 e. The Morgan fingerprint density at radius 2 is 1.92 bits per heavy atom. The van der Waals surface area contributed by atoms with Gasteiger partial charge >= 0.3 is 0 Å². The zero-order valence-electron chi connectivity index (χ0n) is 7.42. The van der Waals surface area contributed by atoms with Crippen LogP contribution >= 0.6 is 0 Å². The van der Waals surface area contributed by atoms with Gasteiger partial charge in [-0.1, -0.05) is 32.1 Å². The summed E-state index contributed by atoms with van der Waals surface area (Å²) in [6.07, 6.45) is 7.69. The fourth-order valence-electron chi connectivity index (χ4n) is 1.89. The summed E-state index contributed by atoms with van der Waals surface area (Å²) in [6.45, 7) is 0. The van der Waals surface area contributed by atoms with Crippen molar-refractivity contribution >= 4 is 12.1 Å². The van der Waals surface area contributed by atoms with Crippen LogP contribution < -0.4 is 0 Å². The van der Waals surface area contributed by atoms with Crippen LogP contribution in [0.25, 0.3) is 0 Å². The van der Waals surface area contributed by atoms with Gasteiger partial charge < -0.3 is 4.79 Å². The molecule has 0 aromatic rings. The lowest BCUT2D eigenvalue weighted by molar-refractivity contribution is -0.123. The Morgan fingerprint density at radius 1 is 1.25 bits per heavy atom. The lowest BCUT2D eigenvalue weighted by Crippen LogP contribution is -2.12. The smallest absolute Gasteiger partial charge is 0.140 e. The van der Waals surface area contributed by atoms with Gasteiger partial charge in [0.05, 0.1) is 6.42 Å². The van der Waals surface area contributed by atoms with Crippen molar-refractivity contribution in [2.24, 2.45) is 5.92 Å². The fourth-order valence-corrected chi connectivity index (χ4v) is 1.89. The molecule has 1 fully saturated rings. The molecule has 1 aliphatic rings. The lowest BCUT2D eigenvalue weighted by atomic mass is 9.85. The maximum absolute atomic E-state index is 11.1. The van der Waals surface area contributed by atoms with Crippen molar-refractivity contribution in [1.82, 2.24) is 0 Å². The highest BCUT2D eigenvalue weighted by atomic mass is 16.1. The zero-order chi connectivity index (χ0) is 8.81. The second-order valence-corrected chi connectivity index (χ2v) is 3.62. The van der Waals surface area contributed by atoms with E-state index in [1.54, 1.807) is 0 Å². The van der Waals surface area contributed by atoms with Gasteiger partial charge in [-0.25, -0.2) is 0 Å². The number of carbonyl (C=O) groups excluding carboxylic acids is 2. The molecule has 0 aliphatic heterocycles. The Morgan fingerprint density at radius 3 is 2.50 bits per heavy atom. The molecule has 2 nitrogen and oxygen atoms in total. The van der Waals surface area contributed by atoms with Crippen molar-refractivity contribution < 1.29 is 9.59 Å². The standard InChI is InChI=1S/C10H16O2/c11-7-6-10(12)8-9-4-2-1-3-5-9/h7,9H,1-6,8H2. The second-order valence-electron chi connectivity index (χ2n) is 3.62. The number of hydrogen-bond acceptors (Lipinski definition) is 2. The molecule has 0 unspecified atom stereocenters. The third-order valence-electron chi connectivity index (χ3n) is 2.55. The third-order valence-corrected chi connectivity index (χ3v) is 2.55. The molecule has 12 heavy (non-hydrogen) atoms. The van der Waals surface area contributed by atoms with E-state index < -0.39 is 0 Å². The Hall–Kier alpha value is -0.660. The van der Waals surface area contributed by atoms with E-state index >= 15 is 0 Å². The van der Waals surface area contributed by atoms with Crippen LogP contribution in [0.4, 0.5) is 0 Å². The number of Topliss-reactive ketones (excluding diaryl/α,β-unsaturated/α-hetero) is 1. The molecule has 0 N–H and O–H groups in total. The van der Waals surface area contributed by atoms with Crippen LogP contribution in [-0.2, 0) is 9.59 Å². The van der Waals surface area contributed by atoms with E-state index in [1.165, 1.54) is 32.1 Å². The van der Waals surface area contributed by atoms with Gasteiger partial charge in [-0.15, -0.1) is 0 Å². The molecule has 2 heteroatoms. The highest BCUT2D eigenvalue weighted by Gasteiger charge is 2.16. The van der Waals surface area contributed by atoms with Crippen molar-refractivity contribution in [3.05, 3.63) is 0 Å². The van der Waals surface area contributed by atoms with E-state index in [4.69, 9.17) is 0 Å². The predicted molar refractivity (Wildman–Crippen MR) is 46.9 cm³/mol. The highest BCUT2D eigenvalue weighted by Crippen LogP contribution is 2.26. The third kappa shape index (κ3) is 3.16. The van der Waals surface area contributed by atoms with E-state index in [0.29, 0.717) is 18.6 Å². The number of carbonyl (C=O) groups is 2. The maximum atomic E-state index is 11.1. The van der Waals surface area contributed by atoms with Gasteiger partial charge in [-0.05, 0) is 5.92 Å². The van der Waals surface area contributed by atoms with Gasteiger partial charge in [-0.3, -0.25) is 4.79 Å². The first-order chi connectivity index (χ1) is 5.83. The van der Waals surface area contributed by atoms with E-state index in [0.717, 1.165) is 0 Å². The molecule has 0 bridgehead atoms. The van der Waals surface area contributed by atoms with Gasteiger partial charge in [0.25, 0.3) is 0 Å². The molecule has 0 radical (unpaired) electrons. The summed E-state index contributed by atoms with van der Waals surface area (Å²) in [5, 5.41) is 0. The van der Waals surface area contributed by atoms with Gasteiger partial charge in [-0.2, -0.15) is 0 Å². The van der Waals surface area contributed by atoms with Gasteiger partial charge in [0, 0.05) is 6.42 Å². The highest BCUT2D eigenvalue weighted by molar-refractivity contribution is 5.89. The topological polar surface area (TPSA) is 34.1 Å².